The Morgan fingerprint density at radius 1 is 0.588 bits per heavy atom. The van der Waals surface area contributed by atoms with Gasteiger partial charge >= 0.3 is 0 Å². The fourth-order valence-corrected chi connectivity index (χ4v) is 3.69. The highest BCUT2D eigenvalue weighted by molar-refractivity contribution is 6.09. The minimum absolute atomic E-state index is 0.0698. The fourth-order valence-electron chi connectivity index (χ4n) is 3.69. The van der Waals surface area contributed by atoms with Crippen LogP contribution in [-0.2, 0) is 12.8 Å². The molecule has 0 atom stereocenters. The van der Waals surface area contributed by atoms with Gasteiger partial charge in [-0.1, -0.05) is 13.8 Å². The summed E-state index contributed by atoms with van der Waals surface area (Å²) in [6.07, 6.45) is 1.67. The summed E-state index contributed by atoms with van der Waals surface area (Å²) in [7, 11) is 0. The van der Waals surface area contributed by atoms with Crippen molar-refractivity contribution in [3.63, 3.8) is 0 Å². The van der Waals surface area contributed by atoms with E-state index in [1.807, 2.05) is 36.4 Å². The normalized spacial score (nSPS) is 10.6. The number of aryl methyl sites for hydroxylation is 2. The van der Waals surface area contributed by atoms with E-state index in [-0.39, 0.29) is 5.78 Å². The molecule has 0 fully saturated rings. The van der Waals surface area contributed by atoms with Crippen LogP contribution in [0.1, 0.15) is 40.9 Å². The van der Waals surface area contributed by atoms with Gasteiger partial charge in [0.15, 0.2) is 5.78 Å². The van der Waals surface area contributed by atoms with Crippen LogP contribution in [0.5, 0.6) is 23.0 Å². The van der Waals surface area contributed by atoms with Gasteiger partial charge in [0, 0.05) is 22.5 Å². The second kappa shape index (κ2) is 10.1. The number of ether oxygens (including phenoxy) is 2. The van der Waals surface area contributed by atoms with E-state index >= 15 is 0 Å². The quantitative estimate of drug-likeness (QED) is 0.227. The van der Waals surface area contributed by atoms with Crippen molar-refractivity contribution in [1.82, 2.24) is 0 Å². The van der Waals surface area contributed by atoms with Crippen LogP contribution in [0.3, 0.4) is 0 Å². The molecule has 172 valence electrons. The second-order valence-corrected chi connectivity index (χ2v) is 8.01. The largest absolute Gasteiger partial charge is 0.457 e. The van der Waals surface area contributed by atoms with Crippen molar-refractivity contribution in [1.29, 1.82) is 0 Å². The molecule has 5 heteroatoms. The summed E-state index contributed by atoms with van der Waals surface area (Å²) in [6.45, 7) is 4.10. The Hall–Kier alpha value is -4.25. The van der Waals surface area contributed by atoms with Gasteiger partial charge in [-0.25, -0.2) is 0 Å². The summed E-state index contributed by atoms with van der Waals surface area (Å²) in [5.74, 6) is 2.67. The third-order valence-corrected chi connectivity index (χ3v) is 5.70. The summed E-state index contributed by atoms with van der Waals surface area (Å²) < 4.78 is 11.8. The summed E-state index contributed by atoms with van der Waals surface area (Å²) in [6, 6.07) is 25.5. The number of nitrogen functional groups attached to an aromatic ring is 2. The predicted octanol–water partition coefficient (Wildman–Crippen LogP) is 6.79. The molecule has 0 aliphatic carbocycles. The summed E-state index contributed by atoms with van der Waals surface area (Å²) in [4.78, 5) is 12.9. The first-order chi connectivity index (χ1) is 16.5. The maximum absolute atomic E-state index is 12.9. The van der Waals surface area contributed by atoms with Crippen LogP contribution in [-0.4, -0.2) is 5.78 Å². The third kappa shape index (κ3) is 5.21. The van der Waals surface area contributed by atoms with E-state index in [0.717, 1.165) is 35.3 Å². The van der Waals surface area contributed by atoms with Crippen LogP contribution in [0.25, 0.3) is 0 Å². The smallest absolute Gasteiger partial charge is 0.193 e. The highest BCUT2D eigenvalue weighted by atomic mass is 16.5. The van der Waals surface area contributed by atoms with Gasteiger partial charge in [-0.15, -0.1) is 0 Å². The van der Waals surface area contributed by atoms with Gasteiger partial charge < -0.3 is 20.9 Å². The van der Waals surface area contributed by atoms with Gasteiger partial charge in [0.25, 0.3) is 0 Å². The first-order valence-corrected chi connectivity index (χ1v) is 11.3. The van der Waals surface area contributed by atoms with Crippen molar-refractivity contribution in [3.05, 3.63) is 107 Å². The molecular formula is C29H28N2O3. The Kier molecular flexibility index (Phi) is 6.83. The van der Waals surface area contributed by atoms with Crippen LogP contribution in [0.2, 0.25) is 0 Å². The van der Waals surface area contributed by atoms with Crippen molar-refractivity contribution in [2.24, 2.45) is 0 Å². The number of hydrogen-bond donors (Lipinski definition) is 2. The molecule has 4 aromatic rings. The Morgan fingerprint density at radius 3 is 1.29 bits per heavy atom. The first-order valence-electron chi connectivity index (χ1n) is 11.3. The van der Waals surface area contributed by atoms with Crippen molar-refractivity contribution in [3.8, 4) is 23.0 Å². The highest BCUT2D eigenvalue weighted by Crippen LogP contribution is 2.28. The van der Waals surface area contributed by atoms with E-state index in [0.29, 0.717) is 34.1 Å². The standard InChI is InChI=1S/C29H28N2O3/c1-3-19-17-25(13-15-27(19)30)33-23-9-5-21(6-10-23)29(32)22-7-11-24(12-8-22)34-26-14-16-28(31)20(4-2)18-26/h5-18H,3-4,30-31H2,1-2H3. The molecule has 0 saturated heterocycles. The number of rotatable bonds is 8. The molecule has 4 aromatic carbocycles. The van der Waals surface area contributed by atoms with Crippen LogP contribution in [0.15, 0.2) is 84.9 Å². The Bertz CT molecular complexity index is 1200. The van der Waals surface area contributed by atoms with Crippen molar-refractivity contribution < 1.29 is 14.3 Å². The summed E-state index contributed by atoms with van der Waals surface area (Å²) >= 11 is 0. The van der Waals surface area contributed by atoms with E-state index in [1.54, 1.807) is 48.5 Å². The molecule has 0 amide bonds. The summed E-state index contributed by atoms with van der Waals surface area (Å²) in [5, 5.41) is 0. The zero-order valence-corrected chi connectivity index (χ0v) is 19.4. The molecule has 4 N–H and O–H groups in total. The topological polar surface area (TPSA) is 87.6 Å². The van der Waals surface area contributed by atoms with E-state index in [4.69, 9.17) is 20.9 Å². The van der Waals surface area contributed by atoms with Crippen molar-refractivity contribution in [2.75, 3.05) is 11.5 Å². The Labute approximate surface area is 199 Å². The molecule has 0 aromatic heterocycles. The fraction of sp³-hybridized carbons (Fsp3) is 0.138. The van der Waals surface area contributed by atoms with E-state index in [9.17, 15) is 4.79 Å². The maximum atomic E-state index is 12.9. The molecule has 0 radical (unpaired) electrons. The third-order valence-electron chi connectivity index (χ3n) is 5.70. The number of carbonyl (C=O) groups excluding carboxylic acids is 1. The zero-order chi connectivity index (χ0) is 24.1. The minimum atomic E-state index is -0.0698. The molecule has 5 nitrogen and oxygen atoms in total. The Morgan fingerprint density at radius 2 is 0.941 bits per heavy atom. The summed E-state index contributed by atoms with van der Waals surface area (Å²) in [5.41, 5.74) is 16.7. The molecule has 0 aliphatic heterocycles. The number of ketones is 1. The monoisotopic (exact) mass is 452 g/mol. The minimum Gasteiger partial charge on any atom is -0.457 e. The first kappa shape index (κ1) is 22.9. The number of nitrogens with two attached hydrogens (primary N) is 2. The van der Waals surface area contributed by atoms with Crippen molar-refractivity contribution in [2.45, 2.75) is 26.7 Å². The number of anilines is 2. The van der Waals surface area contributed by atoms with Gasteiger partial charge in [-0.2, -0.15) is 0 Å². The zero-order valence-electron chi connectivity index (χ0n) is 19.4. The second-order valence-electron chi connectivity index (χ2n) is 8.01. The van der Waals surface area contributed by atoms with Gasteiger partial charge in [-0.05, 0) is 109 Å². The van der Waals surface area contributed by atoms with Crippen molar-refractivity contribution >= 4 is 17.2 Å². The van der Waals surface area contributed by atoms with E-state index in [2.05, 4.69) is 13.8 Å². The molecule has 0 heterocycles. The SMILES string of the molecule is CCc1cc(Oc2ccc(C(=O)c3ccc(Oc4ccc(N)c(CC)c4)cc3)cc2)ccc1N. The average molecular weight is 453 g/mol. The maximum Gasteiger partial charge on any atom is 0.193 e. The molecular weight excluding hydrogens is 424 g/mol. The number of hydrogen-bond acceptors (Lipinski definition) is 5. The average Bonchev–Trinajstić information content (AvgIpc) is 2.87. The molecule has 0 bridgehead atoms. The lowest BCUT2D eigenvalue weighted by molar-refractivity contribution is 0.103. The van der Waals surface area contributed by atoms with Gasteiger partial charge in [0.05, 0.1) is 0 Å². The van der Waals surface area contributed by atoms with Crippen LogP contribution >= 0.6 is 0 Å². The van der Waals surface area contributed by atoms with Crippen LogP contribution < -0.4 is 20.9 Å². The lowest BCUT2D eigenvalue weighted by Crippen LogP contribution is -2.01. The molecule has 0 spiro atoms. The van der Waals surface area contributed by atoms with Gasteiger partial charge in [0.2, 0.25) is 0 Å². The van der Waals surface area contributed by atoms with Gasteiger partial charge in [-0.3, -0.25) is 4.79 Å². The van der Waals surface area contributed by atoms with E-state index in [1.165, 1.54) is 0 Å². The van der Waals surface area contributed by atoms with E-state index < -0.39 is 0 Å². The Balaban J connectivity index is 1.42. The lowest BCUT2D eigenvalue weighted by Gasteiger charge is -2.10. The molecule has 0 aliphatic rings. The molecule has 0 unspecified atom stereocenters. The van der Waals surface area contributed by atoms with Crippen LogP contribution in [0, 0.1) is 0 Å². The predicted molar refractivity (Wildman–Crippen MR) is 137 cm³/mol. The molecule has 4 rings (SSSR count). The lowest BCUT2D eigenvalue weighted by atomic mass is 10.0. The molecule has 0 saturated carbocycles. The highest BCUT2D eigenvalue weighted by Gasteiger charge is 2.11. The number of carbonyl (C=O) groups is 1. The molecule has 34 heavy (non-hydrogen) atoms. The van der Waals surface area contributed by atoms with Gasteiger partial charge in [0.1, 0.15) is 23.0 Å². The number of benzene rings is 4. The van der Waals surface area contributed by atoms with Crippen LogP contribution in [0.4, 0.5) is 11.4 Å².